The van der Waals surface area contributed by atoms with Gasteiger partial charge in [-0.1, -0.05) is 0 Å². The first-order valence-corrected chi connectivity index (χ1v) is 5.68. The van der Waals surface area contributed by atoms with Crippen molar-refractivity contribution in [2.45, 2.75) is 6.92 Å². The largest absolute Gasteiger partial charge is 0.493 e. The van der Waals surface area contributed by atoms with Crippen molar-refractivity contribution in [3.05, 3.63) is 17.7 Å². The number of rotatable bonds is 4. The van der Waals surface area contributed by atoms with Crippen LogP contribution in [0.3, 0.4) is 0 Å². The lowest BCUT2D eigenvalue weighted by Crippen LogP contribution is -2.18. The van der Waals surface area contributed by atoms with E-state index in [9.17, 15) is 4.79 Å². The van der Waals surface area contributed by atoms with Crippen LogP contribution in [0.2, 0.25) is 0 Å². The lowest BCUT2D eigenvalue weighted by Gasteiger charge is -2.05. The Kier molecular flexibility index (Phi) is 4.07. The topological polar surface area (TPSA) is 78.4 Å². The van der Waals surface area contributed by atoms with Gasteiger partial charge in [0, 0.05) is 5.56 Å². The highest BCUT2D eigenvalue weighted by atomic mass is 16.7. The molecule has 7 nitrogen and oxygen atoms in total. The van der Waals surface area contributed by atoms with Crippen LogP contribution < -0.4 is 19.6 Å². The van der Waals surface area contributed by atoms with Crippen molar-refractivity contribution in [3.8, 4) is 17.2 Å². The third-order valence-electron chi connectivity index (χ3n) is 2.33. The number of methoxy groups -OCH3 is 1. The maximum absolute atomic E-state index is 11.0. The summed E-state index contributed by atoms with van der Waals surface area (Å²) < 4.78 is 20.4. The lowest BCUT2D eigenvalue weighted by atomic mass is 10.2. The van der Waals surface area contributed by atoms with Crippen LogP contribution in [0, 0.1) is 0 Å². The third-order valence-corrected chi connectivity index (χ3v) is 2.33. The molecule has 1 aromatic rings. The van der Waals surface area contributed by atoms with E-state index in [1.807, 2.05) is 0 Å². The molecular weight excluding hydrogens is 252 g/mol. The zero-order valence-electron chi connectivity index (χ0n) is 10.6. The number of ether oxygens (including phenoxy) is 4. The van der Waals surface area contributed by atoms with Gasteiger partial charge in [-0.05, 0) is 19.1 Å². The van der Waals surface area contributed by atoms with Crippen LogP contribution in [0.25, 0.3) is 0 Å². The normalized spacial score (nSPS) is 12.5. The standard InChI is InChI=1S/C12H14N2O5/c1-3-17-12(15)14-13-6-8-4-9(16-2)11-10(5-8)18-7-19-11/h4-6H,3,7H2,1-2H3,(H,14,15)/b13-6-. The summed E-state index contributed by atoms with van der Waals surface area (Å²) in [7, 11) is 1.54. The van der Waals surface area contributed by atoms with Gasteiger partial charge in [0.2, 0.25) is 12.5 Å². The fraction of sp³-hybridized carbons (Fsp3) is 0.333. The van der Waals surface area contributed by atoms with Crippen molar-refractivity contribution >= 4 is 12.3 Å². The fourth-order valence-corrected chi connectivity index (χ4v) is 1.55. The molecule has 0 saturated heterocycles. The van der Waals surface area contributed by atoms with E-state index in [0.29, 0.717) is 29.4 Å². The molecule has 0 spiro atoms. The smallest absolute Gasteiger partial charge is 0.427 e. The molecule has 1 N–H and O–H groups in total. The van der Waals surface area contributed by atoms with Gasteiger partial charge in [0.15, 0.2) is 11.5 Å². The van der Waals surface area contributed by atoms with Crippen LogP contribution in [0.1, 0.15) is 12.5 Å². The van der Waals surface area contributed by atoms with E-state index in [2.05, 4.69) is 15.3 Å². The van der Waals surface area contributed by atoms with E-state index in [1.165, 1.54) is 13.3 Å². The number of fused-ring (bicyclic) bond motifs is 1. The molecule has 1 aromatic carbocycles. The predicted molar refractivity (Wildman–Crippen MR) is 66.9 cm³/mol. The maximum atomic E-state index is 11.0. The Morgan fingerprint density at radius 1 is 1.53 bits per heavy atom. The van der Waals surface area contributed by atoms with Crippen LogP contribution in [0.4, 0.5) is 4.79 Å². The highest BCUT2D eigenvalue weighted by molar-refractivity contribution is 5.83. The van der Waals surface area contributed by atoms with Crippen LogP contribution >= 0.6 is 0 Å². The van der Waals surface area contributed by atoms with Gasteiger partial charge in [-0.3, -0.25) is 0 Å². The number of benzene rings is 1. The summed E-state index contributed by atoms with van der Waals surface area (Å²) in [5.41, 5.74) is 2.94. The Morgan fingerprint density at radius 2 is 2.37 bits per heavy atom. The van der Waals surface area contributed by atoms with Gasteiger partial charge in [0.1, 0.15) is 0 Å². The average Bonchev–Trinajstić information content (AvgIpc) is 2.86. The van der Waals surface area contributed by atoms with Gasteiger partial charge in [0.25, 0.3) is 0 Å². The average molecular weight is 266 g/mol. The molecule has 0 unspecified atom stereocenters. The number of carbonyl (C=O) groups excluding carboxylic acids is 1. The number of hydrogen-bond acceptors (Lipinski definition) is 6. The van der Waals surface area contributed by atoms with E-state index in [0.717, 1.165) is 0 Å². The van der Waals surface area contributed by atoms with Crippen molar-refractivity contribution in [1.29, 1.82) is 0 Å². The van der Waals surface area contributed by atoms with Crippen LogP contribution in [-0.2, 0) is 4.74 Å². The van der Waals surface area contributed by atoms with E-state index >= 15 is 0 Å². The summed E-state index contributed by atoms with van der Waals surface area (Å²) in [6.07, 6.45) is 0.855. The molecule has 1 heterocycles. The molecule has 0 fully saturated rings. The second kappa shape index (κ2) is 5.94. The molecule has 0 atom stereocenters. The minimum atomic E-state index is -0.605. The first-order valence-electron chi connectivity index (χ1n) is 5.68. The molecule has 1 aliphatic heterocycles. The summed E-state index contributed by atoms with van der Waals surface area (Å²) in [6.45, 7) is 2.17. The van der Waals surface area contributed by atoms with Gasteiger partial charge in [-0.2, -0.15) is 5.10 Å². The van der Waals surface area contributed by atoms with Gasteiger partial charge < -0.3 is 18.9 Å². The Morgan fingerprint density at radius 3 is 3.11 bits per heavy atom. The number of hydrazone groups is 1. The number of amides is 1. The van der Waals surface area contributed by atoms with Gasteiger partial charge in [0.05, 0.1) is 19.9 Å². The minimum Gasteiger partial charge on any atom is -0.493 e. The highest BCUT2D eigenvalue weighted by Crippen LogP contribution is 2.41. The van der Waals surface area contributed by atoms with Crippen molar-refractivity contribution in [2.75, 3.05) is 20.5 Å². The maximum Gasteiger partial charge on any atom is 0.427 e. The van der Waals surface area contributed by atoms with Crippen molar-refractivity contribution in [3.63, 3.8) is 0 Å². The summed E-state index contributed by atoms with van der Waals surface area (Å²) in [4.78, 5) is 11.0. The van der Waals surface area contributed by atoms with E-state index in [1.54, 1.807) is 19.1 Å². The number of nitrogens with one attached hydrogen (secondary N) is 1. The van der Waals surface area contributed by atoms with Crippen LogP contribution in [0.5, 0.6) is 17.2 Å². The van der Waals surface area contributed by atoms with Gasteiger partial charge >= 0.3 is 6.09 Å². The first kappa shape index (κ1) is 13.0. The molecule has 0 aliphatic carbocycles. The molecule has 7 heteroatoms. The molecule has 0 aromatic heterocycles. The molecule has 1 amide bonds. The summed E-state index contributed by atoms with van der Waals surface area (Å²) in [5, 5.41) is 3.76. The van der Waals surface area contributed by atoms with E-state index in [4.69, 9.17) is 14.2 Å². The summed E-state index contributed by atoms with van der Waals surface area (Å²) in [6, 6.07) is 3.46. The Labute approximate surface area is 110 Å². The highest BCUT2D eigenvalue weighted by Gasteiger charge is 2.19. The molecule has 2 rings (SSSR count). The lowest BCUT2D eigenvalue weighted by molar-refractivity contribution is 0.152. The zero-order chi connectivity index (χ0) is 13.7. The van der Waals surface area contributed by atoms with E-state index in [-0.39, 0.29) is 6.79 Å². The fourth-order valence-electron chi connectivity index (χ4n) is 1.55. The monoisotopic (exact) mass is 266 g/mol. The molecule has 0 saturated carbocycles. The molecule has 19 heavy (non-hydrogen) atoms. The first-order chi connectivity index (χ1) is 9.24. The Balaban J connectivity index is 2.09. The molecular formula is C12H14N2O5. The number of hydrogen-bond donors (Lipinski definition) is 1. The van der Waals surface area contributed by atoms with Crippen LogP contribution in [0.15, 0.2) is 17.2 Å². The Hall–Kier alpha value is -2.44. The quantitative estimate of drug-likeness (QED) is 0.660. The number of carbonyl (C=O) groups is 1. The Bertz CT molecular complexity index is 501. The van der Waals surface area contributed by atoms with Crippen molar-refractivity contribution < 1.29 is 23.7 Å². The third kappa shape index (κ3) is 3.06. The predicted octanol–water partition coefficient (Wildman–Crippen LogP) is 1.50. The van der Waals surface area contributed by atoms with Gasteiger partial charge in [-0.25, -0.2) is 10.2 Å². The summed E-state index contributed by atoms with van der Waals surface area (Å²) >= 11 is 0. The zero-order valence-corrected chi connectivity index (χ0v) is 10.6. The van der Waals surface area contributed by atoms with Crippen LogP contribution in [-0.4, -0.2) is 32.8 Å². The molecule has 0 bridgehead atoms. The second-order valence-electron chi connectivity index (χ2n) is 3.55. The number of nitrogens with zero attached hydrogens (tertiary/aromatic N) is 1. The van der Waals surface area contributed by atoms with E-state index < -0.39 is 6.09 Å². The minimum absolute atomic E-state index is 0.160. The molecule has 1 aliphatic rings. The van der Waals surface area contributed by atoms with Gasteiger partial charge in [-0.15, -0.1) is 0 Å². The van der Waals surface area contributed by atoms with Crippen molar-refractivity contribution in [2.24, 2.45) is 5.10 Å². The summed E-state index contributed by atoms with van der Waals surface area (Å²) in [5.74, 6) is 1.70. The molecule has 0 radical (unpaired) electrons. The second-order valence-corrected chi connectivity index (χ2v) is 3.55. The molecule has 102 valence electrons. The SMILES string of the molecule is CCOC(=O)N/N=C\c1cc(OC)c2c(c1)OCO2. The van der Waals surface area contributed by atoms with Crippen molar-refractivity contribution in [1.82, 2.24) is 5.43 Å².